The number of carbonyl (C=O) groups is 1. The monoisotopic (exact) mass is 318 g/mol. The van der Waals surface area contributed by atoms with E-state index in [1.807, 2.05) is 26.8 Å². The van der Waals surface area contributed by atoms with Crippen LogP contribution in [0, 0.1) is 0 Å². The molecule has 0 saturated carbocycles. The molecule has 1 aliphatic rings. The molecule has 1 aromatic carbocycles. The van der Waals surface area contributed by atoms with E-state index in [1.54, 1.807) is 0 Å². The van der Waals surface area contributed by atoms with Crippen LogP contribution in [0.1, 0.15) is 70.5 Å². The maximum absolute atomic E-state index is 11.8. The van der Waals surface area contributed by atoms with Gasteiger partial charge in [0.1, 0.15) is 5.60 Å². The summed E-state index contributed by atoms with van der Waals surface area (Å²) in [5, 5.41) is 6.47. The normalized spacial score (nSPS) is 17.0. The molecule has 1 atom stereocenters. The van der Waals surface area contributed by atoms with Crippen LogP contribution in [-0.4, -0.2) is 18.2 Å². The van der Waals surface area contributed by atoms with E-state index in [0.717, 1.165) is 25.1 Å². The second-order valence-corrected chi connectivity index (χ2v) is 7.29. The standard InChI is InChI=1S/C19H30N2O2/c1-5-6-7-12-20-17-11-8-14-13-15(9-10-16(14)17)21-18(22)23-19(2,3)4/h9-10,13,17,20H,5-8,11-12H2,1-4H3,(H,21,22). The number of aryl methyl sites for hydroxylation is 1. The summed E-state index contributed by atoms with van der Waals surface area (Å²) in [7, 11) is 0. The summed E-state index contributed by atoms with van der Waals surface area (Å²) in [5.41, 5.74) is 3.03. The summed E-state index contributed by atoms with van der Waals surface area (Å²) >= 11 is 0. The largest absolute Gasteiger partial charge is 0.444 e. The maximum Gasteiger partial charge on any atom is 0.412 e. The van der Waals surface area contributed by atoms with Crippen molar-refractivity contribution in [2.45, 2.75) is 71.4 Å². The van der Waals surface area contributed by atoms with Crippen molar-refractivity contribution in [1.29, 1.82) is 0 Å². The van der Waals surface area contributed by atoms with Gasteiger partial charge in [0.2, 0.25) is 0 Å². The smallest absolute Gasteiger partial charge is 0.412 e. The molecule has 4 heteroatoms. The molecule has 0 fully saturated rings. The van der Waals surface area contributed by atoms with E-state index in [9.17, 15) is 4.79 Å². The molecule has 0 radical (unpaired) electrons. The van der Waals surface area contributed by atoms with Gasteiger partial charge < -0.3 is 10.1 Å². The zero-order valence-electron chi connectivity index (χ0n) is 14.9. The molecular formula is C19H30N2O2. The molecule has 4 nitrogen and oxygen atoms in total. The molecule has 2 N–H and O–H groups in total. The highest BCUT2D eigenvalue weighted by Gasteiger charge is 2.22. The van der Waals surface area contributed by atoms with Gasteiger partial charge in [-0.1, -0.05) is 25.8 Å². The van der Waals surface area contributed by atoms with Crippen LogP contribution in [0.2, 0.25) is 0 Å². The number of rotatable bonds is 6. The van der Waals surface area contributed by atoms with Gasteiger partial charge in [-0.15, -0.1) is 0 Å². The average Bonchev–Trinajstić information content (AvgIpc) is 2.84. The molecule has 1 aromatic rings. The van der Waals surface area contributed by atoms with Gasteiger partial charge >= 0.3 is 6.09 Å². The van der Waals surface area contributed by atoms with Crippen LogP contribution in [0.3, 0.4) is 0 Å². The van der Waals surface area contributed by atoms with Crippen LogP contribution >= 0.6 is 0 Å². The number of hydrogen-bond donors (Lipinski definition) is 2. The highest BCUT2D eigenvalue weighted by molar-refractivity contribution is 5.85. The van der Waals surface area contributed by atoms with Crippen molar-refractivity contribution >= 4 is 11.8 Å². The number of anilines is 1. The van der Waals surface area contributed by atoms with Gasteiger partial charge in [-0.05, 0) is 69.8 Å². The fraction of sp³-hybridized carbons (Fsp3) is 0.632. The molecule has 0 saturated heterocycles. The first-order chi connectivity index (χ1) is 10.9. The lowest BCUT2D eigenvalue weighted by atomic mass is 10.1. The number of hydrogen-bond acceptors (Lipinski definition) is 3. The highest BCUT2D eigenvalue weighted by Crippen LogP contribution is 2.33. The first-order valence-corrected chi connectivity index (χ1v) is 8.75. The Labute approximate surface area is 140 Å². The molecule has 0 spiro atoms. The highest BCUT2D eigenvalue weighted by atomic mass is 16.6. The molecular weight excluding hydrogens is 288 g/mol. The van der Waals surface area contributed by atoms with Crippen LogP contribution in [0.4, 0.5) is 10.5 Å². The van der Waals surface area contributed by atoms with E-state index in [-0.39, 0.29) is 0 Å². The summed E-state index contributed by atoms with van der Waals surface area (Å²) < 4.78 is 5.30. The van der Waals surface area contributed by atoms with Crippen LogP contribution in [0.15, 0.2) is 18.2 Å². The van der Waals surface area contributed by atoms with Crippen LogP contribution in [0.5, 0.6) is 0 Å². The lowest BCUT2D eigenvalue weighted by Gasteiger charge is -2.20. The Morgan fingerprint density at radius 1 is 1.30 bits per heavy atom. The summed E-state index contributed by atoms with van der Waals surface area (Å²) in [6.07, 6.45) is 5.57. The second-order valence-electron chi connectivity index (χ2n) is 7.29. The van der Waals surface area contributed by atoms with E-state index in [0.29, 0.717) is 6.04 Å². The zero-order valence-corrected chi connectivity index (χ0v) is 14.9. The van der Waals surface area contributed by atoms with Crippen molar-refractivity contribution < 1.29 is 9.53 Å². The van der Waals surface area contributed by atoms with E-state index in [1.165, 1.54) is 30.4 Å². The van der Waals surface area contributed by atoms with Gasteiger partial charge in [0.15, 0.2) is 0 Å². The first kappa shape index (κ1) is 17.8. The third kappa shape index (κ3) is 5.54. The lowest BCUT2D eigenvalue weighted by Crippen LogP contribution is -2.27. The van der Waals surface area contributed by atoms with Gasteiger partial charge in [0.25, 0.3) is 0 Å². The number of benzene rings is 1. The Hall–Kier alpha value is -1.55. The molecule has 1 amide bonds. The summed E-state index contributed by atoms with van der Waals surface area (Å²) in [5.74, 6) is 0. The van der Waals surface area contributed by atoms with E-state index >= 15 is 0 Å². The Morgan fingerprint density at radius 3 is 2.78 bits per heavy atom. The molecule has 1 unspecified atom stereocenters. The van der Waals surface area contributed by atoms with Gasteiger partial charge in [0.05, 0.1) is 0 Å². The second kappa shape index (κ2) is 7.82. The van der Waals surface area contributed by atoms with Gasteiger partial charge in [-0.3, -0.25) is 5.32 Å². The number of ether oxygens (including phenoxy) is 1. The fourth-order valence-electron chi connectivity index (χ4n) is 2.98. The minimum atomic E-state index is -0.478. The number of amides is 1. The van der Waals surface area contributed by atoms with Crippen LogP contribution < -0.4 is 10.6 Å². The minimum Gasteiger partial charge on any atom is -0.444 e. The van der Waals surface area contributed by atoms with Gasteiger partial charge in [-0.25, -0.2) is 4.79 Å². The predicted octanol–water partition coefficient (Wildman–Crippen LogP) is 4.80. The Morgan fingerprint density at radius 2 is 2.09 bits per heavy atom. The van der Waals surface area contributed by atoms with E-state index in [4.69, 9.17) is 4.74 Å². The maximum atomic E-state index is 11.8. The summed E-state index contributed by atoms with van der Waals surface area (Å²) in [6.45, 7) is 8.90. The van der Waals surface area contributed by atoms with Crippen molar-refractivity contribution in [2.24, 2.45) is 0 Å². The van der Waals surface area contributed by atoms with Crippen molar-refractivity contribution in [1.82, 2.24) is 5.32 Å². The van der Waals surface area contributed by atoms with Crippen molar-refractivity contribution in [2.75, 3.05) is 11.9 Å². The average molecular weight is 318 g/mol. The topological polar surface area (TPSA) is 50.4 Å². The third-order valence-corrected chi connectivity index (χ3v) is 4.04. The van der Waals surface area contributed by atoms with E-state index in [2.05, 4.69) is 29.7 Å². The van der Waals surface area contributed by atoms with E-state index < -0.39 is 11.7 Å². The number of nitrogens with one attached hydrogen (secondary N) is 2. The predicted molar refractivity (Wildman–Crippen MR) is 94.9 cm³/mol. The minimum absolute atomic E-state index is 0.398. The van der Waals surface area contributed by atoms with Crippen LogP contribution in [-0.2, 0) is 11.2 Å². The van der Waals surface area contributed by atoms with Crippen molar-refractivity contribution in [3.8, 4) is 0 Å². The number of unbranched alkanes of at least 4 members (excludes halogenated alkanes) is 2. The molecule has 0 aliphatic heterocycles. The molecule has 128 valence electrons. The molecule has 0 aromatic heterocycles. The lowest BCUT2D eigenvalue weighted by molar-refractivity contribution is 0.0636. The first-order valence-electron chi connectivity index (χ1n) is 8.75. The number of carbonyl (C=O) groups excluding carboxylic acids is 1. The van der Waals surface area contributed by atoms with Crippen molar-refractivity contribution in [3.05, 3.63) is 29.3 Å². The van der Waals surface area contributed by atoms with Gasteiger partial charge in [0, 0.05) is 11.7 Å². The fourth-order valence-corrected chi connectivity index (χ4v) is 2.98. The quantitative estimate of drug-likeness (QED) is 0.741. The zero-order chi connectivity index (χ0) is 16.9. The summed E-state index contributed by atoms with van der Waals surface area (Å²) in [4.78, 5) is 11.8. The Kier molecular flexibility index (Phi) is 6.05. The Bertz CT molecular complexity index is 535. The molecule has 2 rings (SSSR count). The number of fused-ring (bicyclic) bond motifs is 1. The molecule has 23 heavy (non-hydrogen) atoms. The third-order valence-electron chi connectivity index (χ3n) is 4.04. The molecule has 0 bridgehead atoms. The molecule has 1 aliphatic carbocycles. The SMILES string of the molecule is CCCCCNC1CCc2cc(NC(=O)OC(C)(C)C)ccc21. The molecule has 0 heterocycles. The van der Waals surface area contributed by atoms with Crippen molar-refractivity contribution in [3.63, 3.8) is 0 Å². The van der Waals surface area contributed by atoms with Gasteiger partial charge in [-0.2, -0.15) is 0 Å². The Balaban J connectivity index is 1.92. The summed E-state index contributed by atoms with van der Waals surface area (Å²) in [6, 6.07) is 6.63. The van der Waals surface area contributed by atoms with Crippen LogP contribution in [0.25, 0.3) is 0 Å².